The van der Waals surface area contributed by atoms with Crippen LogP contribution >= 0.6 is 0 Å². The molecule has 1 heterocycles. The zero-order valence-electron chi connectivity index (χ0n) is 12.1. The molecule has 0 spiro atoms. The molecular formula is C15H26O4. The van der Waals surface area contributed by atoms with Gasteiger partial charge in [0.25, 0.3) is 0 Å². The number of rotatable bonds is 2. The molecule has 0 bridgehead atoms. The first-order chi connectivity index (χ1) is 8.89. The lowest BCUT2D eigenvalue weighted by Gasteiger charge is -2.29. The minimum absolute atomic E-state index is 0.0781. The second kappa shape index (κ2) is 5.52. The molecule has 0 radical (unpaired) electrons. The Bertz CT molecular complexity index is 341. The Morgan fingerprint density at radius 1 is 1.42 bits per heavy atom. The van der Waals surface area contributed by atoms with Crippen molar-refractivity contribution in [3.63, 3.8) is 0 Å². The van der Waals surface area contributed by atoms with Gasteiger partial charge in [0.15, 0.2) is 0 Å². The molecule has 19 heavy (non-hydrogen) atoms. The predicted octanol–water partition coefficient (Wildman–Crippen LogP) is 2.77. The minimum atomic E-state index is -0.413. The summed E-state index contributed by atoms with van der Waals surface area (Å²) < 4.78 is 5.74. The summed E-state index contributed by atoms with van der Waals surface area (Å²) in [6.45, 7) is 10.3. The van der Waals surface area contributed by atoms with Crippen LogP contribution in [0.25, 0.3) is 0 Å². The van der Waals surface area contributed by atoms with Gasteiger partial charge in [-0.2, -0.15) is 0 Å². The smallest absolute Gasteiger partial charge is 0.114 e. The highest BCUT2D eigenvalue weighted by atomic mass is 17.1. The SMILES string of the molecule is C=C1CC[C@@H](C(C)C)[C@@H](O)[C@@H]2O[C@]2(C)CCC1OO. The molecule has 1 unspecified atom stereocenters. The van der Waals surface area contributed by atoms with Crippen LogP contribution in [-0.2, 0) is 9.62 Å². The number of hydrogen-bond donors (Lipinski definition) is 2. The van der Waals surface area contributed by atoms with E-state index in [4.69, 9.17) is 9.99 Å². The standard InChI is InChI=1S/C15H26O4/c1-9(2)11-6-5-10(3)12(19-17)7-8-15(4)14(18-15)13(11)16/h9,11-14,16-17H,3,5-8H2,1-2,4H3/t11-,12?,13+,14-,15+/m0/s1. The maximum Gasteiger partial charge on any atom is 0.114 e. The number of fused-ring (bicyclic) bond motifs is 1. The molecule has 5 atom stereocenters. The van der Waals surface area contributed by atoms with Gasteiger partial charge >= 0.3 is 0 Å². The van der Waals surface area contributed by atoms with Crippen LogP contribution in [0.5, 0.6) is 0 Å². The fraction of sp³-hybridized carbons (Fsp3) is 0.867. The normalized spacial score (nSPS) is 44.0. The largest absolute Gasteiger partial charge is 0.390 e. The third kappa shape index (κ3) is 3.02. The first-order valence-corrected chi connectivity index (χ1v) is 7.23. The molecule has 1 saturated heterocycles. The van der Waals surface area contributed by atoms with Crippen molar-refractivity contribution in [2.45, 2.75) is 70.4 Å². The van der Waals surface area contributed by atoms with E-state index in [0.29, 0.717) is 12.3 Å². The number of aliphatic hydroxyl groups is 1. The van der Waals surface area contributed by atoms with Crippen LogP contribution in [-0.4, -0.2) is 34.3 Å². The third-order valence-corrected chi connectivity index (χ3v) is 4.83. The summed E-state index contributed by atoms with van der Waals surface area (Å²) in [5.41, 5.74) is 0.629. The Hall–Kier alpha value is -0.420. The van der Waals surface area contributed by atoms with Crippen LogP contribution in [0.1, 0.15) is 46.5 Å². The molecule has 4 heteroatoms. The molecule has 110 valence electrons. The number of aliphatic hydroxyl groups excluding tert-OH is 1. The molecule has 0 aromatic rings. The predicted molar refractivity (Wildman–Crippen MR) is 72.7 cm³/mol. The minimum Gasteiger partial charge on any atom is -0.390 e. The summed E-state index contributed by atoms with van der Waals surface area (Å²) in [6.07, 6.45) is 2.27. The van der Waals surface area contributed by atoms with E-state index < -0.39 is 6.10 Å². The molecular weight excluding hydrogens is 244 g/mol. The van der Waals surface area contributed by atoms with Gasteiger partial charge < -0.3 is 9.84 Å². The van der Waals surface area contributed by atoms with Gasteiger partial charge in [-0.15, -0.1) is 0 Å². The summed E-state index contributed by atoms with van der Waals surface area (Å²) in [5.74, 6) is 0.588. The fourth-order valence-electron chi connectivity index (χ4n) is 3.27. The lowest BCUT2D eigenvalue weighted by Crippen LogP contribution is -2.35. The number of ether oxygens (including phenoxy) is 1. The average Bonchev–Trinajstić information content (AvgIpc) is 3.01. The van der Waals surface area contributed by atoms with Gasteiger partial charge in [0.2, 0.25) is 0 Å². The van der Waals surface area contributed by atoms with Gasteiger partial charge in [-0.3, -0.25) is 5.26 Å². The van der Waals surface area contributed by atoms with Crippen molar-refractivity contribution in [2.24, 2.45) is 11.8 Å². The second-order valence-corrected chi connectivity index (χ2v) is 6.58. The Kier molecular flexibility index (Phi) is 4.35. The van der Waals surface area contributed by atoms with Crippen LogP contribution in [0.4, 0.5) is 0 Å². The highest BCUT2D eigenvalue weighted by molar-refractivity contribution is 5.10. The summed E-state index contributed by atoms with van der Waals surface area (Å²) in [5, 5.41) is 19.5. The first kappa shape index (κ1) is 15.0. The van der Waals surface area contributed by atoms with E-state index in [0.717, 1.165) is 24.8 Å². The maximum absolute atomic E-state index is 10.5. The van der Waals surface area contributed by atoms with E-state index in [-0.39, 0.29) is 23.7 Å². The molecule has 0 aromatic heterocycles. The highest BCUT2D eigenvalue weighted by Crippen LogP contribution is 2.47. The van der Waals surface area contributed by atoms with Crippen molar-refractivity contribution in [1.29, 1.82) is 0 Å². The molecule has 1 saturated carbocycles. The molecule has 0 amide bonds. The molecule has 2 fully saturated rings. The molecule has 0 aromatic carbocycles. The van der Waals surface area contributed by atoms with E-state index >= 15 is 0 Å². The summed E-state index contributed by atoms with van der Waals surface area (Å²) in [4.78, 5) is 4.55. The van der Waals surface area contributed by atoms with Gasteiger partial charge in [0, 0.05) is 0 Å². The Morgan fingerprint density at radius 2 is 2.11 bits per heavy atom. The lowest BCUT2D eigenvalue weighted by atomic mass is 9.79. The van der Waals surface area contributed by atoms with E-state index in [1.54, 1.807) is 0 Å². The Labute approximate surface area is 115 Å². The Balaban J connectivity index is 2.14. The molecule has 4 nitrogen and oxygen atoms in total. The quantitative estimate of drug-likeness (QED) is 0.350. The number of epoxide rings is 1. The first-order valence-electron chi connectivity index (χ1n) is 7.23. The van der Waals surface area contributed by atoms with E-state index in [1.165, 1.54) is 0 Å². The van der Waals surface area contributed by atoms with Crippen LogP contribution in [0.2, 0.25) is 0 Å². The molecule has 2 rings (SSSR count). The maximum atomic E-state index is 10.5. The van der Waals surface area contributed by atoms with Gasteiger partial charge in [-0.25, -0.2) is 4.89 Å². The highest BCUT2D eigenvalue weighted by Gasteiger charge is 2.57. The molecule has 2 N–H and O–H groups in total. The van der Waals surface area contributed by atoms with E-state index in [9.17, 15) is 5.11 Å². The van der Waals surface area contributed by atoms with Crippen LogP contribution < -0.4 is 0 Å². The zero-order valence-corrected chi connectivity index (χ0v) is 12.1. The molecule has 1 aliphatic heterocycles. The molecule has 2 aliphatic rings. The van der Waals surface area contributed by atoms with Gasteiger partial charge in [-0.05, 0) is 50.0 Å². The van der Waals surface area contributed by atoms with E-state index in [2.05, 4.69) is 25.3 Å². The monoisotopic (exact) mass is 270 g/mol. The third-order valence-electron chi connectivity index (χ3n) is 4.83. The van der Waals surface area contributed by atoms with E-state index in [1.807, 2.05) is 6.92 Å². The Morgan fingerprint density at radius 3 is 2.68 bits per heavy atom. The summed E-state index contributed by atoms with van der Waals surface area (Å²) in [6, 6.07) is 0. The van der Waals surface area contributed by atoms with Crippen LogP contribution in [0.3, 0.4) is 0 Å². The van der Waals surface area contributed by atoms with Crippen molar-refractivity contribution < 1.29 is 20.0 Å². The topological polar surface area (TPSA) is 62.2 Å². The van der Waals surface area contributed by atoms with Crippen molar-refractivity contribution in [3.05, 3.63) is 12.2 Å². The fourth-order valence-corrected chi connectivity index (χ4v) is 3.27. The van der Waals surface area contributed by atoms with Crippen molar-refractivity contribution in [3.8, 4) is 0 Å². The zero-order chi connectivity index (χ0) is 14.2. The van der Waals surface area contributed by atoms with Crippen LogP contribution in [0.15, 0.2) is 12.2 Å². The average molecular weight is 270 g/mol. The van der Waals surface area contributed by atoms with Crippen molar-refractivity contribution in [1.82, 2.24) is 0 Å². The molecule has 1 aliphatic carbocycles. The van der Waals surface area contributed by atoms with Gasteiger partial charge in [-0.1, -0.05) is 20.4 Å². The van der Waals surface area contributed by atoms with Crippen LogP contribution in [0, 0.1) is 11.8 Å². The van der Waals surface area contributed by atoms with Gasteiger partial charge in [0.1, 0.15) is 12.2 Å². The van der Waals surface area contributed by atoms with Crippen molar-refractivity contribution >= 4 is 0 Å². The van der Waals surface area contributed by atoms with Gasteiger partial charge in [0.05, 0.1) is 11.7 Å². The lowest BCUT2D eigenvalue weighted by molar-refractivity contribution is -0.270. The summed E-state index contributed by atoms with van der Waals surface area (Å²) in [7, 11) is 0. The van der Waals surface area contributed by atoms with Crippen molar-refractivity contribution in [2.75, 3.05) is 0 Å². The second-order valence-electron chi connectivity index (χ2n) is 6.58. The number of hydrogen-bond acceptors (Lipinski definition) is 4. The summed E-state index contributed by atoms with van der Waals surface area (Å²) >= 11 is 0.